The van der Waals surface area contributed by atoms with Gasteiger partial charge in [-0.2, -0.15) is 13.2 Å². The second kappa shape index (κ2) is 8.19. The van der Waals surface area contributed by atoms with Crippen molar-refractivity contribution in [3.8, 4) is 5.75 Å². The van der Waals surface area contributed by atoms with Gasteiger partial charge < -0.3 is 4.84 Å². The maximum Gasteiger partial charge on any atom is 0.416 e. The predicted octanol–water partition coefficient (Wildman–Crippen LogP) is 5.02. The number of hydrogen-bond donors (Lipinski definition) is 1. The maximum absolute atomic E-state index is 12.4. The molecule has 21 heavy (non-hydrogen) atoms. The second-order valence-corrected chi connectivity index (χ2v) is 4.33. The van der Waals surface area contributed by atoms with Crippen molar-refractivity contribution in [1.82, 2.24) is 5.48 Å². The van der Waals surface area contributed by atoms with Gasteiger partial charge in [-0.25, -0.2) is 5.48 Å². The molecular formula is C16H18F3NO. The largest absolute Gasteiger partial charge is 0.416 e. The van der Waals surface area contributed by atoms with E-state index in [1.54, 1.807) is 12.2 Å². The molecule has 0 amide bonds. The van der Waals surface area contributed by atoms with E-state index in [1.807, 2.05) is 12.2 Å². The number of hydrogen-bond acceptors (Lipinski definition) is 2. The molecule has 0 fully saturated rings. The van der Waals surface area contributed by atoms with Crippen molar-refractivity contribution in [2.45, 2.75) is 25.9 Å². The summed E-state index contributed by atoms with van der Waals surface area (Å²) < 4.78 is 37.1. The lowest BCUT2D eigenvalue weighted by molar-refractivity contribution is -0.137. The quantitative estimate of drug-likeness (QED) is 0.564. The molecule has 1 rings (SSSR count). The minimum atomic E-state index is -4.34. The third-order valence-corrected chi connectivity index (χ3v) is 2.48. The van der Waals surface area contributed by atoms with Gasteiger partial charge in [-0.15, -0.1) is 0 Å². The summed E-state index contributed by atoms with van der Waals surface area (Å²) in [5.41, 5.74) is 2.33. The van der Waals surface area contributed by atoms with Crippen LogP contribution in [0.5, 0.6) is 5.75 Å². The van der Waals surface area contributed by atoms with E-state index in [1.165, 1.54) is 12.1 Å². The number of halogens is 3. The SMILES string of the molecule is C=C(/C=C\C=C/CCC)NOc1ccc(C(F)(F)F)cc1. The van der Waals surface area contributed by atoms with Crippen molar-refractivity contribution in [3.05, 3.63) is 66.4 Å². The number of benzene rings is 1. The fourth-order valence-corrected chi connectivity index (χ4v) is 1.38. The third kappa shape index (κ3) is 6.70. The smallest absolute Gasteiger partial charge is 0.382 e. The van der Waals surface area contributed by atoms with Crippen LogP contribution in [0.2, 0.25) is 0 Å². The number of hydroxylamine groups is 1. The highest BCUT2D eigenvalue weighted by Crippen LogP contribution is 2.30. The van der Waals surface area contributed by atoms with Crippen LogP contribution in [0, 0.1) is 0 Å². The minimum Gasteiger partial charge on any atom is -0.382 e. The van der Waals surface area contributed by atoms with E-state index in [0.29, 0.717) is 5.70 Å². The van der Waals surface area contributed by atoms with Gasteiger partial charge in [-0.1, -0.05) is 38.2 Å². The first-order valence-corrected chi connectivity index (χ1v) is 6.55. The van der Waals surface area contributed by atoms with Crippen LogP contribution in [0.25, 0.3) is 0 Å². The summed E-state index contributed by atoms with van der Waals surface area (Å²) >= 11 is 0. The lowest BCUT2D eigenvalue weighted by Gasteiger charge is -2.09. The highest BCUT2D eigenvalue weighted by atomic mass is 19.4. The first kappa shape index (κ1) is 16.9. The highest BCUT2D eigenvalue weighted by Gasteiger charge is 2.29. The molecule has 0 unspecified atom stereocenters. The second-order valence-electron chi connectivity index (χ2n) is 4.33. The van der Waals surface area contributed by atoms with Crippen LogP contribution < -0.4 is 10.3 Å². The molecular weight excluding hydrogens is 279 g/mol. The Bertz CT molecular complexity index is 501. The van der Waals surface area contributed by atoms with E-state index >= 15 is 0 Å². The summed E-state index contributed by atoms with van der Waals surface area (Å²) in [5, 5.41) is 0. The van der Waals surface area contributed by atoms with Crippen LogP contribution in [0.4, 0.5) is 13.2 Å². The zero-order chi connectivity index (χ0) is 15.7. The van der Waals surface area contributed by atoms with Crippen LogP contribution in [0.1, 0.15) is 25.3 Å². The van der Waals surface area contributed by atoms with Gasteiger partial charge in [0.1, 0.15) is 0 Å². The minimum absolute atomic E-state index is 0.277. The molecule has 0 radical (unpaired) electrons. The fraction of sp³-hybridized carbons (Fsp3) is 0.250. The van der Waals surface area contributed by atoms with Crippen LogP contribution in [0.15, 0.2) is 60.8 Å². The Morgan fingerprint density at radius 2 is 1.90 bits per heavy atom. The summed E-state index contributed by atoms with van der Waals surface area (Å²) in [7, 11) is 0. The summed E-state index contributed by atoms with van der Waals surface area (Å²) in [6.45, 7) is 5.80. The Balaban J connectivity index is 2.43. The molecule has 1 aromatic carbocycles. The molecule has 2 nitrogen and oxygen atoms in total. The molecule has 0 aliphatic heterocycles. The maximum atomic E-state index is 12.4. The van der Waals surface area contributed by atoms with Crippen LogP contribution in [-0.2, 0) is 6.18 Å². The number of alkyl halides is 3. The highest BCUT2D eigenvalue weighted by molar-refractivity contribution is 5.29. The molecule has 0 heterocycles. The Kier molecular flexibility index (Phi) is 6.59. The third-order valence-electron chi connectivity index (χ3n) is 2.48. The van der Waals surface area contributed by atoms with Gasteiger partial charge in [0.25, 0.3) is 0 Å². The number of rotatable bonds is 7. The molecule has 0 saturated carbocycles. The first-order chi connectivity index (χ1) is 9.93. The molecule has 0 spiro atoms. The Hall–Kier alpha value is -2.17. The van der Waals surface area contributed by atoms with Crippen molar-refractivity contribution < 1.29 is 18.0 Å². The Morgan fingerprint density at radius 3 is 2.48 bits per heavy atom. The fourth-order valence-electron chi connectivity index (χ4n) is 1.38. The summed E-state index contributed by atoms with van der Waals surface area (Å²) in [6.07, 6.45) is 5.18. The first-order valence-electron chi connectivity index (χ1n) is 6.55. The zero-order valence-electron chi connectivity index (χ0n) is 11.8. The Labute approximate surface area is 122 Å². The summed E-state index contributed by atoms with van der Waals surface area (Å²) in [4.78, 5) is 5.12. The molecule has 0 aliphatic rings. The van der Waals surface area contributed by atoms with E-state index < -0.39 is 11.7 Å². The summed E-state index contributed by atoms with van der Waals surface area (Å²) in [5.74, 6) is 0.277. The van der Waals surface area contributed by atoms with Crippen LogP contribution in [-0.4, -0.2) is 0 Å². The molecule has 0 aromatic heterocycles. The number of allylic oxidation sites excluding steroid dienone is 4. The van der Waals surface area contributed by atoms with E-state index in [2.05, 4.69) is 19.0 Å². The Morgan fingerprint density at radius 1 is 1.24 bits per heavy atom. The molecule has 0 bridgehead atoms. The number of unbranched alkanes of at least 4 members (excludes halogenated alkanes) is 1. The van der Waals surface area contributed by atoms with E-state index in [-0.39, 0.29) is 5.75 Å². The van der Waals surface area contributed by atoms with Crippen LogP contribution in [0.3, 0.4) is 0 Å². The predicted molar refractivity (Wildman–Crippen MR) is 77.5 cm³/mol. The average Bonchev–Trinajstić information content (AvgIpc) is 2.44. The zero-order valence-corrected chi connectivity index (χ0v) is 11.8. The lowest BCUT2D eigenvalue weighted by Crippen LogP contribution is -2.15. The van der Waals surface area contributed by atoms with E-state index in [9.17, 15) is 13.2 Å². The molecule has 1 N–H and O–H groups in total. The molecule has 0 aliphatic carbocycles. The molecule has 0 atom stereocenters. The number of nitrogens with one attached hydrogen (secondary N) is 1. The summed E-state index contributed by atoms with van der Waals surface area (Å²) in [6, 6.07) is 4.41. The normalized spacial score (nSPS) is 12.0. The monoisotopic (exact) mass is 297 g/mol. The van der Waals surface area contributed by atoms with Crippen LogP contribution >= 0.6 is 0 Å². The van der Waals surface area contributed by atoms with Crippen molar-refractivity contribution >= 4 is 0 Å². The van der Waals surface area contributed by atoms with Gasteiger partial charge in [0.2, 0.25) is 0 Å². The van der Waals surface area contributed by atoms with Gasteiger partial charge in [0, 0.05) is 0 Å². The molecule has 1 aromatic rings. The van der Waals surface area contributed by atoms with Crippen molar-refractivity contribution in [1.29, 1.82) is 0 Å². The van der Waals surface area contributed by atoms with Gasteiger partial charge >= 0.3 is 6.18 Å². The molecule has 114 valence electrons. The van der Waals surface area contributed by atoms with Gasteiger partial charge in [0.05, 0.1) is 11.3 Å². The molecule has 0 saturated heterocycles. The van der Waals surface area contributed by atoms with Crippen molar-refractivity contribution in [2.75, 3.05) is 0 Å². The van der Waals surface area contributed by atoms with Gasteiger partial charge in [-0.3, -0.25) is 0 Å². The van der Waals surface area contributed by atoms with E-state index in [0.717, 1.165) is 25.0 Å². The van der Waals surface area contributed by atoms with Gasteiger partial charge in [0.15, 0.2) is 5.75 Å². The van der Waals surface area contributed by atoms with Crippen molar-refractivity contribution in [3.63, 3.8) is 0 Å². The topological polar surface area (TPSA) is 21.3 Å². The molecule has 5 heteroatoms. The van der Waals surface area contributed by atoms with Gasteiger partial charge in [-0.05, 0) is 36.8 Å². The standard InChI is InChI=1S/C16H18F3NO/c1-3-4-5-6-7-8-13(2)20-21-15-11-9-14(10-12-15)16(17,18)19/h5-12,20H,2-4H2,1H3/b6-5-,8-7-. The van der Waals surface area contributed by atoms with Crippen molar-refractivity contribution in [2.24, 2.45) is 0 Å². The lowest BCUT2D eigenvalue weighted by atomic mass is 10.2. The average molecular weight is 297 g/mol. The van der Waals surface area contributed by atoms with E-state index in [4.69, 9.17) is 4.84 Å².